The highest BCUT2D eigenvalue weighted by molar-refractivity contribution is 5.69. The van der Waals surface area contributed by atoms with Gasteiger partial charge in [0.2, 0.25) is 0 Å². The van der Waals surface area contributed by atoms with Crippen molar-refractivity contribution in [3.63, 3.8) is 0 Å². The maximum Gasteiger partial charge on any atom is 0.429 e. The lowest BCUT2D eigenvalue weighted by atomic mass is 10.3. The van der Waals surface area contributed by atoms with Crippen molar-refractivity contribution in [3.8, 4) is 5.75 Å². The third-order valence-corrected chi connectivity index (χ3v) is 1.24. The molecule has 14 heavy (non-hydrogen) atoms. The molecule has 0 heterocycles. The molecule has 0 saturated carbocycles. The van der Waals surface area contributed by atoms with Gasteiger partial charge in [0.1, 0.15) is 5.75 Å². The quantitative estimate of drug-likeness (QED) is 0.424. The van der Waals surface area contributed by atoms with Gasteiger partial charge in [0.25, 0.3) is 0 Å². The molecule has 4 heteroatoms. The Labute approximate surface area is 84.2 Å². The molecular formula is C10H16N2O2. The molecule has 0 saturated heterocycles. The van der Waals surface area contributed by atoms with E-state index in [0.29, 0.717) is 5.75 Å². The molecule has 78 valence electrons. The standard InChI is InChI=1S/C8H10N2O2.C2H6/c1-10(9)8(11)12-7-5-3-2-4-6-7;1-2/h2-6H,9H2,1H3;1-2H3. The van der Waals surface area contributed by atoms with Crippen molar-refractivity contribution < 1.29 is 9.53 Å². The lowest BCUT2D eigenvalue weighted by Crippen LogP contribution is -2.35. The first-order chi connectivity index (χ1) is 6.70. The number of hydrogen-bond acceptors (Lipinski definition) is 3. The topological polar surface area (TPSA) is 55.6 Å². The van der Waals surface area contributed by atoms with Crippen LogP contribution in [-0.2, 0) is 0 Å². The van der Waals surface area contributed by atoms with Crippen molar-refractivity contribution in [1.29, 1.82) is 0 Å². The Balaban J connectivity index is 0.000000791. The van der Waals surface area contributed by atoms with E-state index in [-0.39, 0.29) is 0 Å². The lowest BCUT2D eigenvalue weighted by Gasteiger charge is -2.09. The number of nitrogens with two attached hydrogens (primary N) is 1. The summed E-state index contributed by atoms with van der Waals surface area (Å²) in [7, 11) is 1.42. The fraction of sp³-hybridized carbons (Fsp3) is 0.300. The molecule has 4 nitrogen and oxygen atoms in total. The van der Waals surface area contributed by atoms with Gasteiger partial charge in [-0.2, -0.15) is 0 Å². The Morgan fingerprint density at radius 3 is 2.21 bits per heavy atom. The number of carbonyl (C=O) groups is 1. The van der Waals surface area contributed by atoms with Gasteiger partial charge in [0.05, 0.1) is 0 Å². The molecule has 1 amide bonds. The van der Waals surface area contributed by atoms with Gasteiger partial charge in [-0.15, -0.1) is 0 Å². The number of amides is 1. The normalized spacial score (nSPS) is 8.29. The van der Waals surface area contributed by atoms with Crippen LogP contribution in [0.5, 0.6) is 5.75 Å². The number of hydrogen-bond donors (Lipinski definition) is 1. The second-order valence-electron chi connectivity index (χ2n) is 2.29. The number of carbonyl (C=O) groups excluding carboxylic acids is 1. The van der Waals surface area contributed by atoms with E-state index in [1.807, 2.05) is 19.9 Å². The monoisotopic (exact) mass is 196 g/mol. The van der Waals surface area contributed by atoms with E-state index in [0.717, 1.165) is 5.01 Å². The van der Waals surface area contributed by atoms with Gasteiger partial charge in [-0.05, 0) is 12.1 Å². The van der Waals surface area contributed by atoms with E-state index < -0.39 is 6.09 Å². The van der Waals surface area contributed by atoms with Gasteiger partial charge < -0.3 is 4.74 Å². The van der Waals surface area contributed by atoms with Gasteiger partial charge in [-0.1, -0.05) is 32.0 Å². The molecule has 1 aromatic carbocycles. The molecule has 0 aliphatic carbocycles. The van der Waals surface area contributed by atoms with Crippen molar-refractivity contribution >= 4 is 6.09 Å². The highest BCUT2D eigenvalue weighted by Gasteiger charge is 2.05. The van der Waals surface area contributed by atoms with E-state index >= 15 is 0 Å². The van der Waals surface area contributed by atoms with Crippen LogP contribution in [0.3, 0.4) is 0 Å². The molecule has 0 atom stereocenters. The molecule has 0 fully saturated rings. The van der Waals surface area contributed by atoms with Crippen molar-refractivity contribution in [2.45, 2.75) is 13.8 Å². The number of rotatable bonds is 1. The Morgan fingerprint density at radius 2 is 1.79 bits per heavy atom. The first-order valence-corrected chi connectivity index (χ1v) is 4.45. The maximum absolute atomic E-state index is 10.9. The summed E-state index contributed by atoms with van der Waals surface area (Å²) >= 11 is 0. The van der Waals surface area contributed by atoms with Crippen LogP contribution in [0.2, 0.25) is 0 Å². The third-order valence-electron chi connectivity index (χ3n) is 1.24. The number of ether oxygens (including phenoxy) is 1. The number of benzene rings is 1. The van der Waals surface area contributed by atoms with Crippen LogP contribution in [0.4, 0.5) is 4.79 Å². The van der Waals surface area contributed by atoms with Gasteiger partial charge in [0, 0.05) is 7.05 Å². The second kappa shape index (κ2) is 6.91. The van der Waals surface area contributed by atoms with Crippen LogP contribution in [0, 0.1) is 0 Å². The first kappa shape index (κ1) is 12.4. The molecule has 0 spiro atoms. The highest BCUT2D eigenvalue weighted by atomic mass is 16.6. The van der Waals surface area contributed by atoms with Gasteiger partial charge in [-0.25, -0.2) is 15.6 Å². The molecular weight excluding hydrogens is 180 g/mol. The average molecular weight is 196 g/mol. The third kappa shape index (κ3) is 4.47. The average Bonchev–Trinajstić information content (AvgIpc) is 2.22. The molecule has 0 unspecified atom stereocenters. The summed E-state index contributed by atoms with van der Waals surface area (Å²) in [5.74, 6) is 5.63. The summed E-state index contributed by atoms with van der Waals surface area (Å²) in [6.07, 6.45) is -0.582. The van der Waals surface area contributed by atoms with Crippen LogP contribution in [0.15, 0.2) is 30.3 Å². The van der Waals surface area contributed by atoms with Gasteiger partial charge in [0.15, 0.2) is 0 Å². The minimum Gasteiger partial charge on any atom is -0.409 e. The zero-order valence-electron chi connectivity index (χ0n) is 8.73. The zero-order chi connectivity index (χ0) is 11.0. The summed E-state index contributed by atoms with van der Waals surface area (Å²) in [4.78, 5) is 10.9. The SMILES string of the molecule is CC.CN(N)C(=O)Oc1ccccc1. The molecule has 0 aliphatic heterocycles. The summed E-state index contributed by atoms with van der Waals surface area (Å²) in [5.41, 5.74) is 0. The summed E-state index contributed by atoms with van der Waals surface area (Å²) < 4.78 is 4.84. The van der Waals surface area contributed by atoms with E-state index in [2.05, 4.69) is 0 Å². The van der Waals surface area contributed by atoms with Crippen LogP contribution >= 0.6 is 0 Å². The van der Waals surface area contributed by atoms with Crippen molar-refractivity contribution in [1.82, 2.24) is 5.01 Å². The van der Waals surface area contributed by atoms with Crippen LogP contribution in [0.25, 0.3) is 0 Å². The highest BCUT2D eigenvalue weighted by Crippen LogP contribution is 2.08. The van der Waals surface area contributed by atoms with Gasteiger partial charge >= 0.3 is 6.09 Å². The van der Waals surface area contributed by atoms with Crippen LogP contribution in [-0.4, -0.2) is 18.1 Å². The fourth-order valence-electron chi connectivity index (χ4n) is 0.661. The maximum atomic E-state index is 10.9. The zero-order valence-corrected chi connectivity index (χ0v) is 8.73. The number of hydrazine groups is 1. The predicted molar refractivity (Wildman–Crippen MR) is 55.8 cm³/mol. The number of para-hydroxylation sites is 1. The first-order valence-electron chi connectivity index (χ1n) is 4.45. The largest absolute Gasteiger partial charge is 0.429 e. The minimum atomic E-state index is -0.582. The van der Waals surface area contributed by atoms with Crippen LogP contribution in [0.1, 0.15) is 13.8 Å². The molecule has 1 aromatic rings. The predicted octanol–water partition coefficient (Wildman–Crippen LogP) is 2.02. The van der Waals surface area contributed by atoms with E-state index in [1.165, 1.54) is 7.05 Å². The summed E-state index contributed by atoms with van der Waals surface area (Å²) in [6.45, 7) is 4.00. The Morgan fingerprint density at radius 1 is 1.29 bits per heavy atom. The minimum absolute atomic E-state index is 0.486. The molecule has 0 bridgehead atoms. The van der Waals surface area contributed by atoms with Gasteiger partial charge in [-0.3, -0.25) is 0 Å². The molecule has 1 rings (SSSR count). The summed E-state index contributed by atoms with van der Waals surface area (Å²) in [5, 5.41) is 0.882. The Kier molecular flexibility index (Phi) is 6.15. The van der Waals surface area contributed by atoms with Crippen LogP contribution < -0.4 is 10.6 Å². The van der Waals surface area contributed by atoms with Crippen molar-refractivity contribution in [3.05, 3.63) is 30.3 Å². The molecule has 2 N–H and O–H groups in total. The van der Waals surface area contributed by atoms with E-state index in [1.54, 1.807) is 24.3 Å². The summed E-state index contributed by atoms with van der Waals surface area (Å²) in [6, 6.07) is 8.75. The van der Waals surface area contributed by atoms with Crippen molar-refractivity contribution in [2.24, 2.45) is 5.84 Å². The number of nitrogens with zero attached hydrogens (tertiary/aromatic N) is 1. The second-order valence-corrected chi connectivity index (χ2v) is 2.29. The molecule has 0 aromatic heterocycles. The van der Waals surface area contributed by atoms with E-state index in [4.69, 9.17) is 10.6 Å². The fourth-order valence-corrected chi connectivity index (χ4v) is 0.661. The Hall–Kier alpha value is -1.55. The van der Waals surface area contributed by atoms with E-state index in [9.17, 15) is 4.79 Å². The lowest BCUT2D eigenvalue weighted by molar-refractivity contribution is 0.163. The molecule has 0 aliphatic rings. The Bertz CT molecular complexity index is 260. The smallest absolute Gasteiger partial charge is 0.409 e. The molecule has 0 radical (unpaired) electrons. The van der Waals surface area contributed by atoms with Crippen molar-refractivity contribution in [2.75, 3.05) is 7.05 Å².